The van der Waals surface area contributed by atoms with Gasteiger partial charge in [0, 0.05) is 11.3 Å². The lowest BCUT2D eigenvalue weighted by Crippen LogP contribution is -2.22. The molecule has 1 aromatic carbocycles. The molecule has 1 heterocycles. The Balaban J connectivity index is 2.05. The van der Waals surface area contributed by atoms with E-state index < -0.39 is 6.04 Å². The highest BCUT2D eigenvalue weighted by molar-refractivity contribution is 7.10. The van der Waals surface area contributed by atoms with Crippen molar-refractivity contribution in [2.75, 3.05) is 0 Å². The van der Waals surface area contributed by atoms with Crippen LogP contribution in [0.1, 0.15) is 16.5 Å². The van der Waals surface area contributed by atoms with E-state index in [1.54, 1.807) is 11.3 Å². The fraction of sp³-hybridized carbons (Fsp3) is 0.154. The van der Waals surface area contributed by atoms with Gasteiger partial charge < -0.3 is 5.73 Å². The number of ketones is 1. The zero-order valence-electron chi connectivity index (χ0n) is 8.80. The lowest BCUT2D eigenvalue weighted by Gasteiger charge is -2.09. The van der Waals surface area contributed by atoms with Crippen LogP contribution in [0.2, 0.25) is 0 Å². The second-order valence-corrected chi connectivity index (χ2v) is 4.64. The number of rotatable bonds is 4. The van der Waals surface area contributed by atoms with Crippen molar-refractivity contribution in [3.8, 4) is 0 Å². The van der Waals surface area contributed by atoms with Gasteiger partial charge in [-0.2, -0.15) is 0 Å². The Labute approximate surface area is 98.7 Å². The summed E-state index contributed by atoms with van der Waals surface area (Å²) in [5, 5.41) is 1.97. The molecule has 0 aliphatic rings. The topological polar surface area (TPSA) is 43.1 Å². The average Bonchev–Trinajstić information content (AvgIpc) is 2.82. The maximum Gasteiger partial charge on any atom is 0.159 e. The van der Waals surface area contributed by atoms with Crippen molar-refractivity contribution in [2.24, 2.45) is 5.73 Å². The van der Waals surface area contributed by atoms with Crippen LogP contribution in [0.5, 0.6) is 0 Å². The highest BCUT2D eigenvalue weighted by Crippen LogP contribution is 2.16. The molecular weight excluding hydrogens is 218 g/mol. The molecule has 2 nitrogen and oxygen atoms in total. The second kappa shape index (κ2) is 5.05. The Bertz CT molecular complexity index is 450. The van der Waals surface area contributed by atoms with E-state index in [4.69, 9.17) is 5.73 Å². The summed E-state index contributed by atoms with van der Waals surface area (Å²) in [6.45, 7) is 0. The minimum absolute atomic E-state index is 0.0636. The summed E-state index contributed by atoms with van der Waals surface area (Å²) in [6, 6.07) is 12.9. The van der Waals surface area contributed by atoms with E-state index in [1.165, 1.54) is 0 Å². The van der Waals surface area contributed by atoms with Crippen molar-refractivity contribution in [3.63, 3.8) is 0 Å². The van der Waals surface area contributed by atoms with Crippen molar-refractivity contribution in [1.82, 2.24) is 0 Å². The predicted molar refractivity (Wildman–Crippen MR) is 66.4 cm³/mol. The van der Waals surface area contributed by atoms with Gasteiger partial charge in [0.2, 0.25) is 0 Å². The van der Waals surface area contributed by atoms with Crippen molar-refractivity contribution < 1.29 is 4.79 Å². The molecule has 0 bridgehead atoms. The molecule has 0 saturated heterocycles. The Morgan fingerprint density at radius 3 is 2.56 bits per heavy atom. The van der Waals surface area contributed by atoms with Gasteiger partial charge in [0.15, 0.2) is 5.78 Å². The number of hydrogen-bond donors (Lipinski definition) is 1. The summed E-state index contributed by atoms with van der Waals surface area (Å²) in [4.78, 5) is 13.0. The molecule has 1 unspecified atom stereocenters. The maximum atomic E-state index is 11.9. The number of hydrogen-bond acceptors (Lipinski definition) is 3. The lowest BCUT2D eigenvalue weighted by molar-refractivity contribution is -0.119. The second-order valence-electron chi connectivity index (χ2n) is 3.61. The highest BCUT2D eigenvalue weighted by Gasteiger charge is 2.15. The first-order chi connectivity index (χ1) is 7.77. The van der Waals surface area contributed by atoms with E-state index in [1.807, 2.05) is 47.8 Å². The number of nitrogens with two attached hydrogens (primary N) is 1. The number of benzene rings is 1. The van der Waals surface area contributed by atoms with Gasteiger partial charge in [-0.1, -0.05) is 36.4 Å². The molecule has 0 aliphatic carbocycles. The van der Waals surface area contributed by atoms with Crippen molar-refractivity contribution in [1.29, 1.82) is 0 Å². The largest absolute Gasteiger partial charge is 0.318 e. The molecule has 2 rings (SSSR count). The van der Waals surface area contributed by atoms with Gasteiger partial charge >= 0.3 is 0 Å². The normalized spacial score (nSPS) is 12.3. The standard InChI is InChI=1S/C13H13NOS/c14-13(10-5-2-1-3-6-10)12(15)9-11-7-4-8-16-11/h1-8,13H,9,14H2. The zero-order valence-corrected chi connectivity index (χ0v) is 9.61. The van der Waals surface area contributed by atoms with Gasteiger partial charge in [0.25, 0.3) is 0 Å². The summed E-state index contributed by atoms with van der Waals surface area (Å²) >= 11 is 1.59. The molecule has 2 N–H and O–H groups in total. The molecular formula is C13H13NOS. The van der Waals surface area contributed by atoms with Crippen molar-refractivity contribution in [3.05, 3.63) is 58.3 Å². The SMILES string of the molecule is NC(C(=O)Cc1cccs1)c1ccccc1. The molecule has 0 radical (unpaired) electrons. The fourth-order valence-electron chi connectivity index (χ4n) is 1.54. The van der Waals surface area contributed by atoms with Crippen LogP contribution in [0.4, 0.5) is 0 Å². The van der Waals surface area contributed by atoms with Crippen LogP contribution in [-0.2, 0) is 11.2 Å². The highest BCUT2D eigenvalue weighted by atomic mass is 32.1. The molecule has 82 valence electrons. The number of Topliss-reactive ketones (excluding diaryl/α,β-unsaturated/α-hetero) is 1. The summed E-state index contributed by atoms with van der Waals surface area (Å²) in [5.74, 6) is 0.0636. The molecule has 16 heavy (non-hydrogen) atoms. The van der Waals surface area contributed by atoms with Crippen LogP contribution in [0.15, 0.2) is 47.8 Å². The molecule has 1 atom stereocenters. The zero-order chi connectivity index (χ0) is 11.4. The molecule has 0 amide bonds. The third-order valence-electron chi connectivity index (χ3n) is 2.43. The third-order valence-corrected chi connectivity index (χ3v) is 3.31. The third kappa shape index (κ3) is 2.56. The Morgan fingerprint density at radius 2 is 1.94 bits per heavy atom. The molecule has 2 aromatic rings. The van der Waals surface area contributed by atoms with Crippen LogP contribution >= 0.6 is 11.3 Å². The van der Waals surface area contributed by atoms with E-state index in [0.717, 1.165) is 10.4 Å². The molecule has 0 aliphatic heterocycles. The van der Waals surface area contributed by atoms with Crippen molar-refractivity contribution in [2.45, 2.75) is 12.5 Å². The number of carbonyl (C=O) groups is 1. The molecule has 0 saturated carbocycles. The van der Waals surface area contributed by atoms with Gasteiger partial charge in [-0.15, -0.1) is 11.3 Å². The van der Waals surface area contributed by atoms with Crippen LogP contribution in [0.3, 0.4) is 0 Å². The van der Waals surface area contributed by atoms with Crippen LogP contribution in [0, 0.1) is 0 Å². The fourth-order valence-corrected chi connectivity index (χ4v) is 2.26. The summed E-state index contributed by atoms with van der Waals surface area (Å²) in [7, 11) is 0. The van der Waals surface area contributed by atoms with Gasteiger partial charge in [-0.25, -0.2) is 0 Å². The Hall–Kier alpha value is -1.45. The maximum absolute atomic E-state index is 11.9. The minimum atomic E-state index is -0.511. The van der Waals surface area contributed by atoms with Gasteiger partial charge in [-0.05, 0) is 17.0 Å². The first-order valence-electron chi connectivity index (χ1n) is 5.13. The smallest absolute Gasteiger partial charge is 0.159 e. The first-order valence-corrected chi connectivity index (χ1v) is 6.01. The molecule has 1 aromatic heterocycles. The first kappa shape index (κ1) is 11.0. The van der Waals surface area contributed by atoms with E-state index >= 15 is 0 Å². The lowest BCUT2D eigenvalue weighted by atomic mass is 10.0. The van der Waals surface area contributed by atoms with Gasteiger partial charge in [0.1, 0.15) is 0 Å². The number of thiophene rings is 1. The Kier molecular flexibility index (Phi) is 3.49. The molecule has 3 heteroatoms. The van der Waals surface area contributed by atoms with E-state index in [-0.39, 0.29) is 5.78 Å². The average molecular weight is 231 g/mol. The minimum Gasteiger partial charge on any atom is -0.318 e. The quantitative estimate of drug-likeness (QED) is 0.878. The van der Waals surface area contributed by atoms with Crippen LogP contribution < -0.4 is 5.73 Å². The summed E-state index contributed by atoms with van der Waals surface area (Å²) < 4.78 is 0. The van der Waals surface area contributed by atoms with Crippen LogP contribution in [0.25, 0.3) is 0 Å². The molecule has 0 fully saturated rings. The number of carbonyl (C=O) groups excluding carboxylic acids is 1. The predicted octanol–water partition coefficient (Wildman–Crippen LogP) is 2.56. The monoisotopic (exact) mass is 231 g/mol. The van der Waals surface area contributed by atoms with Crippen LogP contribution in [-0.4, -0.2) is 5.78 Å². The van der Waals surface area contributed by atoms with E-state index in [9.17, 15) is 4.79 Å². The van der Waals surface area contributed by atoms with E-state index in [2.05, 4.69) is 0 Å². The van der Waals surface area contributed by atoms with E-state index in [0.29, 0.717) is 6.42 Å². The summed E-state index contributed by atoms with van der Waals surface area (Å²) in [5.41, 5.74) is 6.79. The van der Waals surface area contributed by atoms with Gasteiger partial charge in [0.05, 0.1) is 6.04 Å². The Morgan fingerprint density at radius 1 is 1.19 bits per heavy atom. The molecule has 0 spiro atoms. The summed E-state index contributed by atoms with van der Waals surface area (Å²) in [6.07, 6.45) is 0.424. The van der Waals surface area contributed by atoms with Gasteiger partial charge in [-0.3, -0.25) is 4.79 Å². The van der Waals surface area contributed by atoms with Crippen molar-refractivity contribution >= 4 is 17.1 Å².